The van der Waals surface area contributed by atoms with Crippen molar-refractivity contribution in [3.63, 3.8) is 0 Å². The van der Waals surface area contributed by atoms with E-state index in [1.54, 1.807) is 12.4 Å². The first-order valence-corrected chi connectivity index (χ1v) is 10.8. The van der Waals surface area contributed by atoms with Gasteiger partial charge in [0.2, 0.25) is 0 Å². The Balaban J connectivity index is 1.46. The second kappa shape index (κ2) is 8.91. The highest BCUT2D eigenvalue weighted by atomic mass is 35.5. The lowest BCUT2D eigenvalue weighted by Crippen LogP contribution is -1.84. The highest BCUT2D eigenvalue weighted by molar-refractivity contribution is 6.31. The maximum atomic E-state index is 6.05. The van der Waals surface area contributed by atoms with Gasteiger partial charge in [-0.1, -0.05) is 59.6 Å². The summed E-state index contributed by atoms with van der Waals surface area (Å²) in [5.41, 5.74) is 5.33. The van der Waals surface area contributed by atoms with Crippen molar-refractivity contribution < 1.29 is 0 Å². The Bertz CT molecular complexity index is 1400. The van der Waals surface area contributed by atoms with Crippen LogP contribution < -0.4 is 0 Å². The van der Waals surface area contributed by atoms with Crippen LogP contribution in [0.2, 0.25) is 10.0 Å². The van der Waals surface area contributed by atoms with Gasteiger partial charge >= 0.3 is 0 Å². The van der Waals surface area contributed by atoms with Gasteiger partial charge in [-0.25, -0.2) is 4.98 Å². The number of aromatic nitrogens is 1. The smallest absolute Gasteiger partial charge is 0.0731 e. The molecule has 0 N–H and O–H groups in total. The van der Waals surface area contributed by atoms with E-state index in [9.17, 15) is 0 Å². The van der Waals surface area contributed by atoms with E-state index in [0.29, 0.717) is 10.0 Å². The number of rotatable bonds is 4. The van der Waals surface area contributed by atoms with Gasteiger partial charge in [0.15, 0.2) is 0 Å². The molecule has 5 aromatic rings. The highest BCUT2D eigenvalue weighted by Gasteiger charge is 2.03. The number of benzene rings is 4. The maximum Gasteiger partial charge on any atom is 0.0731 e. The molecule has 32 heavy (non-hydrogen) atoms. The van der Waals surface area contributed by atoms with E-state index in [-0.39, 0.29) is 0 Å². The third kappa shape index (κ3) is 4.70. The van der Waals surface area contributed by atoms with Gasteiger partial charge in [-0.05, 0) is 65.7 Å². The molecule has 4 aromatic carbocycles. The molecule has 0 saturated heterocycles. The third-order valence-corrected chi connectivity index (χ3v) is 5.47. The van der Waals surface area contributed by atoms with Crippen LogP contribution in [0.15, 0.2) is 101 Å². The molecule has 0 aliphatic rings. The van der Waals surface area contributed by atoms with Crippen molar-refractivity contribution >= 4 is 68.8 Å². The Labute approximate surface area is 195 Å². The van der Waals surface area contributed by atoms with E-state index in [1.165, 1.54) is 0 Å². The van der Waals surface area contributed by atoms with Gasteiger partial charge in [-0.3, -0.25) is 9.98 Å². The first kappa shape index (κ1) is 20.4. The molecule has 1 heterocycles. The van der Waals surface area contributed by atoms with Crippen LogP contribution in [0.1, 0.15) is 11.1 Å². The van der Waals surface area contributed by atoms with Crippen LogP contribution in [-0.2, 0) is 0 Å². The third-order valence-electron chi connectivity index (χ3n) is 5.00. The summed E-state index contributed by atoms with van der Waals surface area (Å²) in [5.74, 6) is 0. The minimum absolute atomic E-state index is 0.689. The molecule has 154 valence electrons. The first-order chi connectivity index (χ1) is 15.6. The van der Waals surface area contributed by atoms with Crippen molar-refractivity contribution in [1.29, 1.82) is 0 Å². The standard InChI is InChI=1S/C27H17Cl2N3/c28-22-5-1-3-18(11-22)16-30-24-9-7-20-13-21-8-10-25(15-27(21)32-26(20)14-24)31-17-19-4-2-6-23(29)12-19/h1-17H. The average Bonchev–Trinajstić information content (AvgIpc) is 2.80. The number of hydrogen-bond acceptors (Lipinski definition) is 3. The van der Waals surface area contributed by atoms with E-state index in [1.807, 2.05) is 84.9 Å². The van der Waals surface area contributed by atoms with Crippen molar-refractivity contribution in [3.05, 3.63) is 112 Å². The minimum Gasteiger partial charge on any atom is -0.256 e. The van der Waals surface area contributed by atoms with Gasteiger partial charge in [-0.2, -0.15) is 0 Å². The van der Waals surface area contributed by atoms with Gasteiger partial charge in [-0.15, -0.1) is 0 Å². The monoisotopic (exact) mass is 453 g/mol. The van der Waals surface area contributed by atoms with Gasteiger partial charge in [0, 0.05) is 33.2 Å². The molecule has 0 saturated carbocycles. The molecule has 1 aromatic heterocycles. The Kier molecular flexibility index (Phi) is 5.68. The quantitative estimate of drug-likeness (QED) is 0.199. The summed E-state index contributed by atoms with van der Waals surface area (Å²) in [4.78, 5) is 14.0. The summed E-state index contributed by atoms with van der Waals surface area (Å²) < 4.78 is 0. The molecule has 0 spiro atoms. The number of nitrogens with zero attached hydrogens (tertiary/aromatic N) is 3. The van der Waals surface area contributed by atoms with Crippen molar-refractivity contribution in [2.45, 2.75) is 0 Å². The predicted molar refractivity (Wildman–Crippen MR) is 137 cm³/mol. The van der Waals surface area contributed by atoms with Crippen molar-refractivity contribution in [2.24, 2.45) is 9.98 Å². The fraction of sp³-hybridized carbons (Fsp3) is 0. The Morgan fingerprint density at radius 2 is 1.06 bits per heavy atom. The molecule has 3 nitrogen and oxygen atoms in total. The van der Waals surface area contributed by atoms with Crippen molar-refractivity contribution in [1.82, 2.24) is 4.98 Å². The summed E-state index contributed by atoms with van der Waals surface area (Å²) in [7, 11) is 0. The zero-order valence-corrected chi connectivity index (χ0v) is 18.4. The fourth-order valence-electron chi connectivity index (χ4n) is 3.43. The van der Waals surface area contributed by atoms with Gasteiger partial charge < -0.3 is 0 Å². The lowest BCUT2D eigenvalue weighted by Gasteiger charge is -2.04. The number of hydrogen-bond donors (Lipinski definition) is 0. The van der Waals surface area contributed by atoms with E-state index in [4.69, 9.17) is 28.2 Å². The maximum absolute atomic E-state index is 6.05. The highest BCUT2D eigenvalue weighted by Crippen LogP contribution is 2.26. The zero-order valence-electron chi connectivity index (χ0n) is 16.9. The van der Waals surface area contributed by atoms with E-state index >= 15 is 0 Å². The van der Waals surface area contributed by atoms with Gasteiger partial charge in [0.1, 0.15) is 0 Å². The van der Waals surface area contributed by atoms with Crippen LogP contribution in [0.5, 0.6) is 0 Å². The van der Waals surface area contributed by atoms with E-state index < -0.39 is 0 Å². The number of fused-ring (bicyclic) bond motifs is 2. The van der Waals surface area contributed by atoms with Gasteiger partial charge in [0.25, 0.3) is 0 Å². The predicted octanol–water partition coefficient (Wildman–Crippen LogP) is 8.20. The summed E-state index contributed by atoms with van der Waals surface area (Å²) >= 11 is 12.1. The summed E-state index contributed by atoms with van der Waals surface area (Å²) in [6.45, 7) is 0. The second-order valence-corrected chi connectivity index (χ2v) is 8.24. The van der Waals surface area contributed by atoms with Crippen LogP contribution in [0, 0.1) is 0 Å². The van der Waals surface area contributed by atoms with Crippen LogP contribution in [0.25, 0.3) is 21.8 Å². The largest absolute Gasteiger partial charge is 0.256 e. The van der Waals surface area contributed by atoms with Crippen LogP contribution in [0.4, 0.5) is 11.4 Å². The molecule has 0 amide bonds. The molecule has 5 heteroatoms. The molecular formula is C27H17Cl2N3. The molecular weight excluding hydrogens is 437 g/mol. The number of aliphatic imine (C=N–C) groups is 2. The van der Waals surface area contributed by atoms with Crippen LogP contribution in [-0.4, -0.2) is 17.4 Å². The Hall–Kier alpha value is -3.53. The molecule has 0 unspecified atom stereocenters. The van der Waals surface area contributed by atoms with Crippen molar-refractivity contribution in [2.75, 3.05) is 0 Å². The fourth-order valence-corrected chi connectivity index (χ4v) is 3.83. The molecule has 0 fully saturated rings. The summed E-state index contributed by atoms with van der Waals surface area (Å²) in [6.07, 6.45) is 3.60. The van der Waals surface area contributed by atoms with Crippen LogP contribution >= 0.6 is 23.2 Å². The minimum atomic E-state index is 0.689. The summed E-state index contributed by atoms with van der Waals surface area (Å²) in [5, 5.41) is 3.51. The topological polar surface area (TPSA) is 37.6 Å². The lowest BCUT2D eigenvalue weighted by molar-refractivity contribution is 1.46. The first-order valence-electron chi connectivity index (χ1n) is 10.1. The van der Waals surface area contributed by atoms with E-state index in [2.05, 4.69) is 16.1 Å². The number of pyridine rings is 1. The van der Waals surface area contributed by atoms with E-state index in [0.717, 1.165) is 44.3 Å². The summed E-state index contributed by atoms with van der Waals surface area (Å²) in [6, 6.07) is 29.3. The molecule has 0 radical (unpaired) electrons. The molecule has 5 rings (SSSR count). The Morgan fingerprint density at radius 3 is 1.53 bits per heavy atom. The SMILES string of the molecule is Clc1cccc(C=Nc2ccc3cc4ccc(N=Cc5cccc(Cl)c5)cc4nc3c2)c1. The van der Waals surface area contributed by atoms with Gasteiger partial charge in [0.05, 0.1) is 22.4 Å². The van der Waals surface area contributed by atoms with Crippen LogP contribution in [0.3, 0.4) is 0 Å². The Morgan fingerprint density at radius 1 is 0.562 bits per heavy atom. The average molecular weight is 454 g/mol. The second-order valence-electron chi connectivity index (χ2n) is 7.37. The normalized spacial score (nSPS) is 11.8. The molecule has 0 atom stereocenters. The van der Waals surface area contributed by atoms with Crippen molar-refractivity contribution in [3.8, 4) is 0 Å². The lowest BCUT2D eigenvalue weighted by atomic mass is 10.1. The molecule has 0 aliphatic carbocycles. The zero-order chi connectivity index (χ0) is 21.9. The molecule has 0 aliphatic heterocycles. The number of halogens is 2. The molecule has 0 bridgehead atoms.